The second kappa shape index (κ2) is 11.4. The minimum absolute atomic E-state index is 0.108. The van der Waals surface area contributed by atoms with Crippen molar-refractivity contribution in [2.45, 2.75) is 56.1 Å². The van der Waals surface area contributed by atoms with Crippen LogP contribution in [0.1, 0.15) is 53.6 Å². The predicted molar refractivity (Wildman–Crippen MR) is 164 cm³/mol. The monoisotopic (exact) mass is 627 g/mol. The number of ether oxygens (including phenoxy) is 2. The first-order valence-electron chi connectivity index (χ1n) is 15.3. The van der Waals surface area contributed by atoms with Gasteiger partial charge in [0.1, 0.15) is 5.75 Å². The number of epoxide rings is 1. The topological polar surface area (TPSA) is 112 Å². The minimum atomic E-state index is -4.12. The Bertz CT molecular complexity index is 1550. The van der Waals surface area contributed by atoms with Gasteiger partial charge in [0, 0.05) is 42.2 Å². The standard InChI is InChI=1S/C32H38ClN3O6S/c33-24-8-10-27-21(14-24)4-3-12-32(27)19-35-16-23-6-9-26(23)29(37)5-1-2-13-36(17-25-18-41-25)43(39,40)34-31(38)22-7-11-30(42-20-32)28(35)15-22/h1,5,7-8,10-11,14-15,23,25-26,29,37H,2-4,6,9,12-13,16-20H2,(H,34,38)/b5-1-/t23-,25-,26+,29-,32-/m0/s1. The van der Waals surface area contributed by atoms with E-state index < -0.39 is 22.2 Å². The van der Waals surface area contributed by atoms with Crippen LogP contribution in [0.5, 0.6) is 5.75 Å². The highest BCUT2D eigenvalue weighted by atomic mass is 35.5. The molecule has 3 aliphatic heterocycles. The van der Waals surface area contributed by atoms with Gasteiger partial charge < -0.3 is 19.5 Å². The Morgan fingerprint density at radius 1 is 1.16 bits per heavy atom. The number of benzene rings is 2. The lowest BCUT2D eigenvalue weighted by molar-refractivity contribution is 0.0456. The van der Waals surface area contributed by atoms with Gasteiger partial charge in [-0.15, -0.1) is 0 Å². The van der Waals surface area contributed by atoms with Gasteiger partial charge in [0.2, 0.25) is 0 Å². The first kappa shape index (κ1) is 29.1. The molecule has 11 heteroatoms. The third kappa shape index (κ3) is 5.80. The number of fused-ring (bicyclic) bond motifs is 4. The second-order valence-corrected chi connectivity index (χ2v) is 14.9. The number of aryl methyl sites for hydroxylation is 1. The normalized spacial score (nSPS) is 32.8. The Kier molecular flexibility index (Phi) is 7.70. The van der Waals surface area contributed by atoms with Crippen LogP contribution in [-0.4, -0.2) is 75.3 Å². The number of carbonyl (C=O) groups is 1. The molecule has 9 nitrogen and oxygen atoms in total. The van der Waals surface area contributed by atoms with Gasteiger partial charge in [-0.2, -0.15) is 12.7 Å². The molecule has 1 saturated heterocycles. The molecule has 5 atom stereocenters. The van der Waals surface area contributed by atoms with Crippen molar-refractivity contribution < 1.29 is 27.8 Å². The van der Waals surface area contributed by atoms with Crippen LogP contribution in [-0.2, 0) is 26.8 Å². The molecule has 7 rings (SSSR count). The first-order chi connectivity index (χ1) is 20.7. The Balaban J connectivity index is 1.27. The highest BCUT2D eigenvalue weighted by molar-refractivity contribution is 7.87. The van der Waals surface area contributed by atoms with Crippen molar-refractivity contribution in [3.8, 4) is 5.75 Å². The molecule has 1 spiro atoms. The van der Waals surface area contributed by atoms with E-state index in [9.17, 15) is 18.3 Å². The molecular weight excluding hydrogens is 590 g/mol. The number of nitrogens with zero attached hydrogens (tertiary/aromatic N) is 2. The van der Waals surface area contributed by atoms with Crippen molar-refractivity contribution in [3.63, 3.8) is 0 Å². The van der Waals surface area contributed by atoms with E-state index in [4.69, 9.17) is 21.1 Å². The van der Waals surface area contributed by atoms with Crippen molar-refractivity contribution in [2.75, 3.05) is 44.3 Å². The summed E-state index contributed by atoms with van der Waals surface area (Å²) in [7, 11) is -4.12. The quantitative estimate of drug-likeness (QED) is 0.385. The summed E-state index contributed by atoms with van der Waals surface area (Å²) in [6.45, 7) is 2.72. The number of aliphatic hydroxyl groups excluding tert-OH is 1. The number of nitrogens with one attached hydrogen (secondary N) is 1. The predicted octanol–water partition coefficient (Wildman–Crippen LogP) is 3.84. The van der Waals surface area contributed by atoms with Gasteiger partial charge in [-0.1, -0.05) is 29.8 Å². The summed E-state index contributed by atoms with van der Waals surface area (Å²) in [5.74, 6) is 0.365. The summed E-state index contributed by atoms with van der Waals surface area (Å²) in [6, 6.07) is 11.3. The Morgan fingerprint density at radius 2 is 2.02 bits per heavy atom. The van der Waals surface area contributed by atoms with Crippen LogP contribution in [0.15, 0.2) is 48.6 Å². The fraction of sp³-hybridized carbons (Fsp3) is 0.531. The van der Waals surface area contributed by atoms with Crippen LogP contribution in [0.25, 0.3) is 0 Å². The van der Waals surface area contributed by atoms with Crippen molar-refractivity contribution in [3.05, 3.63) is 70.3 Å². The van der Waals surface area contributed by atoms with Gasteiger partial charge in [0.05, 0.1) is 31.1 Å². The Hall–Kier alpha value is -2.63. The zero-order valence-electron chi connectivity index (χ0n) is 24.1. The molecule has 2 aromatic carbocycles. The van der Waals surface area contributed by atoms with E-state index in [0.717, 1.165) is 42.8 Å². The fourth-order valence-corrected chi connectivity index (χ4v) is 8.74. The number of aliphatic hydroxyl groups is 1. The SMILES string of the molecule is O=C1NS(=O)(=O)N(C[C@H]2CO2)CC/C=C\[C@H](O)[C@@H]2CC[C@H]2CN2C[C@@]3(CCCc4cc(Cl)ccc43)COc3ccc1cc32. The minimum Gasteiger partial charge on any atom is -0.490 e. The molecule has 43 heavy (non-hydrogen) atoms. The number of carbonyl (C=O) groups excluding carboxylic acids is 1. The van der Waals surface area contributed by atoms with Gasteiger partial charge in [-0.25, -0.2) is 4.72 Å². The smallest absolute Gasteiger partial charge is 0.304 e. The van der Waals surface area contributed by atoms with Gasteiger partial charge in [0.15, 0.2) is 0 Å². The molecule has 0 aromatic heterocycles. The van der Waals surface area contributed by atoms with E-state index in [-0.39, 0.29) is 42.0 Å². The number of hydrogen-bond donors (Lipinski definition) is 2. The van der Waals surface area contributed by atoms with Crippen molar-refractivity contribution in [2.24, 2.45) is 11.8 Å². The molecule has 1 saturated carbocycles. The largest absolute Gasteiger partial charge is 0.490 e. The molecule has 1 amide bonds. The number of anilines is 1. The number of rotatable bonds is 2. The van der Waals surface area contributed by atoms with E-state index in [1.54, 1.807) is 24.3 Å². The van der Waals surface area contributed by atoms with E-state index in [1.807, 2.05) is 12.1 Å². The zero-order chi connectivity index (χ0) is 29.8. The maximum atomic E-state index is 13.4. The number of amides is 1. The third-order valence-electron chi connectivity index (χ3n) is 9.92. The maximum Gasteiger partial charge on any atom is 0.304 e. The molecule has 5 aliphatic rings. The Morgan fingerprint density at radius 3 is 2.81 bits per heavy atom. The molecule has 3 heterocycles. The third-order valence-corrected chi connectivity index (χ3v) is 11.6. The molecule has 2 aliphatic carbocycles. The van der Waals surface area contributed by atoms with Crippen molar-refractivity contribution >= 4 is 33.4 Å². The highest BCUT2D eigenvalue weighted by Gasteiger charge is 2.44. The van der Waals surface area contributed by atoms with Crippen LogP contribution in [0, 0.1) is 11.8 Å². The molecule has 0 unspecified atom stereocenters. The van der Waals surface area contributed by atoms with E-state index >= 15 is 0 Å². The van der Waals surface area contributed by atoms with Crippen LogP contribution in [0.2, 0.25) is 5.02 Å². The second-order valence-electron chi connectivity index (χ2n) is 12.7. The molecule has 2 bridgehead atoms. The average molecular weight is 628 g/mol. The lowest BCUT2D eigenvalue weighted by atomic mass is 9.68. The number of halogens is 1. The maximum absolute atomic E-state index is 13.4. The molecule has 2 N–H and O–H groups in total. The summed E-state index contributed by atoms with van der Waals surface area (Å²) < 4.78 is 42.1. The zero-order valence-corrected chi connectivity index (χ0v) is 25.7. The molecular formula is C32H38ClN3O6S. The van der Waals surface area contributed by atoms with E-state index in [1.165, 1.54) is 15.4 Å². The van der Waals surface area contributed by atoms with Crippen LogP contribution >= 0.6 is 11.6 Å². The molecule has 2 fully saturated rings. The van der Waals surface area contributed by atoms with Crippen molar-refractivity contribution in [1.29, 1.82) is 0 Å². The average Bonchev–Trinajstić information content (AvgIpc) is 3.79. The molecule has 2 aromatic rings. The lowest BCUT2D eigenvalue weighted by Crippen LogP contribution is -2.49. The van der Waals surface area contributed by atoms with Gasteiger partial charge >= 0.3 is 10.2 Å². The Labute approximate surface area is 258 Å². The molecule has 230 valence electrons. The van der Waals surface area contributed by atoms with E-state index in [2.05, 4.69) is 21.8 Å². The summed E-state index contributed by atoms with van der Waals surface area (Å²) in [6.07, 6.45) is 8.18. The summed E-state index contributed by atoms with van der Waals surface area (Å²) in [5, 5.41) is 11.9. The van der Waals surface area contributed by atoms with Crippen LogP contribution < -0.4 is 14.4 Å². The van der Waals surface area contributed by atoms with Gasteiger partial charge in [0.25, 0.3) is 5.91 Å². The van der Waals surface area contributed by atoms with Crippen LogP contribution in [0.4, 0.5) is 5.69 Å². The molecule has 0 radical (unpaired) electrons. The highest BCUT2D eigenvalue weighted by Crippen LogP contribution is 2.46. The number of hydrogen-bond acceptors (Lipinski definition) is 7. The summed E-state index contributed by atoms with van der Waals surface area (Å²) in [5.41, 5.74) is 3.25. The van der Waals surface area contributed by atoms with E-state index in [0.29, 0.717) is 38.5 Å². The van der Waals surface area contributed by atoms with Crippen molar-refractivity contribution in [1.82, 2.24) is 9.03 Å². The summed E-state index contributed by atoms with van der Waals surface area (Å²) >= 11 is 6.39. The van der Waals surface area contributed by atoms with Gasteiger partial charge in [-0.05, 0) is 91.8 Å². The fourth-order valence-electron chi connectivity index (χ4n) is 7.36. The first-order valence-corrected chi connectivity index (χ1v) is 17.1. The van der Waals surface area contributed by atoms with Crippen LogP contribution in [0.3, 0.4) is 0 Å². The summed E-state index contributed by atoms with van der Waals surface area (Å²) in [4.78, 5) is 15.8. The lowest BCUT2D eigenvalue weighted by Gasteiger charge is -2.45. The van der Waals surface area contributed by atoms with Gasteiger partial charge in [-0.3, -0.25) is 4.79 Å².